The number of hydrogen-bond acceptors (Lipinski definition) is 1. The van der Waals surface area contributed by atoms with Gasteiger partial charge in [-0.1, -0.05) is 78.0 Å². The van der Waals surface area contributed by atoms with Crippen LogP contribution < -0.4 is 15.9 Å². The van der Waals surface area contributed by atoms with E-state index < -0.39 is 7.26 Å². The summed E-state index contributed by atoms with van der Waals surface area (Å²) in [6.07, 6.45) is 0. The van der Waals surface area contributed by atoms with E-state index in [-0.39, 0.29) is 0 Å². The average molecular weight is 420 g/mol. The highest BCUT2D eigenvalue weighted by molar-refractivity contribution is 8.13. The van der Waals surface area contributed by atoms with Crippen LogP contribution in [-0.4, -0.2) is 5.49 Å². The fourth-order valence-electron chi connectivity index (χ4n) is 3.42. The van der Waals surface area contributed by atoms with Gasteiger partial charge in [0.25, 0.3) is 0 Å². The molecule has 4 rings (SSSR count). The highest BCUT2D eigenvalue weighted by Gasteiger charge is 2.45. The molecule has 0 bridgehead atoms. The molecule has 0 unspecified atom stereocenters. The summed E-state index contributed by atoms with van der Waals surface area (Å²) in [6.45, 7) is 0. The maximum atomic E-state index is 6.09. The monoisotopic (exact) mass is 419 g/mol. The van der Waals surface area contributed by atoms with Crippen LogP contribution in [0.2, 0.25) is 5.02 Å². The third-order valence-corrected chi connectivity index (χ3v) is 11.3. The molecule has 0 amide bonds. The van der Waals surface area contributed by atoms with Crippen molar-refractivity contribution in [3.63, 3.8) is 0 Å². The molecule has 0 aliphatic rings. The lowest BCUT2D eigenvalue weighted by Gasteiger charge is -2.27. The number of halogens is 1. The van der Waals surface area contributed by atoms with Crippen LogP contribution in [0.5, 0.6) is 0 Å². The lowest BCUT2D eigenvalue weighted by atomic mass is 10.4. The van der Waals surface area contributed by atoms with Crippen LogP contribution >= 0.6 is 30.6 Å². The minimum Gasteiger partial charge on any atom is -0.0843 e. The van der Waals surface area contributed by atoms with E-state index in [4.69, 9.17) is 11.6 Å². The first kappa shape index (κ1) is 19.3. The van der Waals surface area contributed by atoms with Crippen molar-refractivity contribution >= 4 is 46.5 Å². The minimum atomic E-state index is -1.80. The van der Waals surface area contributed by atoms with Crippen LogP contribution in [0.3, 0.4) is 0 Å². The zero-order chi connectivity index (χ0) is 19.2. The van der Waals surface area contributed by atoms with Crippen LogP contribution in [-0.2, 0) is 0 Å². The van der Waals surface area contributed by atoms with Gasteiger partial charge in [0.15, 0.2) is 0 Å². The van der Waals surface area contributed by atoms with Gasteiger partial charge in [0.2, 0.25) is 0 Å². The summed E-state index contributed by atoms with van der Waals surface area (Å²) in [4.78, 5) is 1.25. The van der Waals surface area contributed by atoms with Crippen LogP contribution in [0.15, 0.2) is 120 Å². The summed E-state index contributed by atoms with van der Waals surface area (Å²) >= 11 is 8.00. The second-order valence-corrected chi connectivity index (χ2v) is 11.9. The van der Waals surface area contributed by atoms with E-state index in [0.717, 1.165) is 10.5 Å². The molecule has 0 saturated carbocycles. The van der Waals surface area contributed by atoms with E-state index in [1.54, 1.807) is 0 Å². The average Bonchev–Trinajstić information content (AvgIpc) is 2.78. The molecule has 138 valence electrons. The standard InChI is InChI=1S/C25H21ClPS/c26-21-16-18-25(19-17-21)28-20-27(22-10-4-1-5-11-22,23-12-6-2-7-13-23)24-14-8-3-9-15-24/h1-19H,20H2/q+1. The molecule has 3 heteroatoms. The Morgan fingerprint density at radius 3 is 1.32 bits per heavy atom. The molecule has 0 saturated heterocycles. The van der Waals surface area contributed by atoms with Crippen LogP contribution in [0, 0.1) is 0 Å². The van der Waals surface area contributed by atoms with E-state index in [0.29, 0.717) is 0 Å². The summed E-state index contributed by atoms with van der Waals surface area (Å²) in [7, 11) is -1.80. The van der Waals surface area contributed by atoms with Gasteiger partial charge in [-0.25, -0.2) is 0 Å². The summed E-state index contributed by atoms with van der Waals surface area (Å²) in [6, 6.07) is 41.1. The molecule has 0 heterocycles. The van der Waals surface area contributed by atoms with E-state index in [9.17, 15) is 0 Å². The first-order chi connectivity index (χ1) is 13.8. The smallest absolute Gasteiger partial charge is 0.0843 e. The zero-order valence-corrected chi connectivity index (χ0v) is 17.9. The van der Waals surface area contributed by atoms with Gasteiger partial charge < -0.3 is 0 Å². The van der Waals surface area contributed by atoms with Gasteiger partial charge >= 0.3 is 0 Å². The van der Waals surface area contributed by atoms with Crippen molar-refractivity contribution in [2.24, 2.45) is 0 Å². The van der Waals surface area contributed by atoms with Crippen molar-refractivity contribution in [2.45, 2.75) is 4.90 Å². The molecule has 4 aromatic rings. The first-order valence-electron chi connectivity index (χ1n) is 9.22. The zero-order valence-electron chi connectivity index (χ0n) is 15.4. The topological polar surface area (TPSA) is 0 Å². The molecule has 0 aliphatic heterocycles. The fraction of sp³-hybridized carbons (Fsp3) is 0.0400. The first-order valence-corrected chi connectivity index (χ1v) is 12.6. The van der Waals surface area contributed by atoms with Crippen LogP contribution in [0.25, 0.3) is 0 Å². The molecule has 0 atom stereocenters. The molecule has 0 spiro atoms. The summed E-state index contributed by atoms with van der Waals surface area (Å²) in [5.74, 6) is 0. The molecule has 4 aromatic carbocycles. The predicted octanol–water partition coefficient (Wildman–Crippen LogP) is 6.38. The highest BCUT2D eigenvalue weighted by Crippen LogP contribution is 2.58. The van der Waals surface area contributed by atoms with Crippen molar-refractivity contribution in [1.82, 2.24) is 0 Å². The number of thioether (sulfide) groups is 1. The summed E-state index contributed by atoms with van der Waals surface area (Å²) in [5, 5.41) is 5.01. The van der Waals surface area contributed by atoms with Gasteiger partial charge in [-0.15, -0.1) is 0 Å². The molecular formula is C25H21ClPS+. The van der Waals surface area contributed by atoms with Crippen LogP contribution in [0.1, 0.15) is 0 Å². The number of rotatable bonds is 6. The van der Waals surface area contributed by atoms with Crippen molar-refractivity contribution in [2.75, 3.05) is 5.49 Å². The Hall–Kier alpha value is -2.05. The molecule has 0 radical (unpaired) electrons. The van der Waals surface area contributed by atoms with E-state index in [1.165, 1.54) is 20.8 Å². The maximum absolute atomic E-state index is 6.09. The van der Waals surface area contributed by atoms with Crippen molar-refractivity contribution < 1.29 is 0 Å². The number of benzene rings is 4. The van der Waals surface area contributed by atoms with Crippen LogP contribution in [0.4, 0.5) is 0 Å². The Morgan fingerprint density at radius 2 is 0.929 bits per heavy atom. The molecule has 0 N–H and O–H groups in total. The summed E-state index contributed by atoms with van der Waals surface area (Å²) in [5.41, 5.74) is 1.01. The van der Waals surface area contributed by atoms with Gasteiger partial charge in [0.05, 0.1) is 0 Å². The Bertz CT molecular complexity index is 906. The van der Waals surface area contributed by atoms with Gasteiger partial charge in [-0.2, -0.15) is 0 Å². The molecule has 28 heavy (non-hydrogen) atoms. The van der Waals surface area contributed by atoms with Crippen molar-refractivity contribution in [3.05, 3.63) is 120 Å². The molecule has 0 fully saturated rings. The Labute approximate surface area is 176 Å². The molecule has 0 aromatic heterocycles. The van der Waals surface area contributed by atoms with Crippen molar-refractivity contribution in [3.8, 4) is 0 Å². The maximum Gasteiger partial charge on any atom is 0.123 e. The van der Waals surface area contributed by atoms with Gasteiger partial charge in [-0.05, 0) is 60.7 Å². The molecular weight excluding hydrogens is 399 g/mol. The quantitative estimate of drug-likeness (QED) is 0.258. The lowest BCUT2D eigenvalue weighted by molar-refractivity contribution is 1.47. The Kier molecular flexibility index (Phi) is 6.17. The van der Waals surface area contributed by atoms with E-state index in [1.807, 2.05) is 23.9 Å². The Morgan fingerprint density at radius 1 is 0.536 bits per heavy atom. The van der Waals surface area contributed by atoms with E-state index in [2.05, 4.69) is 103 Å². The predicted molar refractivity (Wildman–Crippen MR) is 127 cm³/mol. The van der Waals surface area contributed by atoms with E-state index >= 15 is 0 Å². The lowest BCUT2D eigenvalue weighted by Crippen LogP contribution is -2.32. The molecule has 0 aliphatic carbocycles. The van der Waals surface area contributed by atoms with Gasteiger partial charge in [0.1, 0.15) is 28.7 Å². The minimum absolute atomic E-state index is 0.777. The third-order valence-electron chi connectivity index (χ3n) is 4.83. The second kappa shape index (κ2) is 8.97. The third kappa shape index (κ3) is 4.03. The SMILES string of the molecule is Clc1ccc(SC[P+](c2ccccc2)(c2ccccc2)c2ccccc2)cc1. The Balaban J connectivity index is 1.86. The molecule has 0 nitrogen and oxygen atoms in total. The fourth-order valence-corrected chi connectivity index (χ4v) is 9.97. The largest absolute Gasteiger partial charge is 0.123 e. The summed E-state index contributed by atoms with van der Waals surface area (Å²) < 4.78 is 0. The second-order valence-electron chi connectivity index (χ2n) is 6.54. The van der Waals surface area contributed by atoms with Gasteiger partial charge in [0, 0.05) is 9.92 Å². The normalized spacial score (nSPS) is 11.3. The van der Waals surface area contributed by atoms with Crippen molar-refractivity contribution in [1.29, 1.82) is 0 Å². The number of hydrogen-bond donors (Lipinski definition) is 0. The van der Waals surface area contributed by atoms with Gasteiger partial charge in [-0.3, -0.25) is 0 Å². The highest BCUT2D eigenvalue weighted by atomic mass is 35.5.